The first kappa shape index (κ1) is 29.7. The van der Waals surface area contributed by atoms with E-state index in [1.165, 1.54) is 6.07 Å². The number of hydrogen-bond acceptors (Lipinski definition) is 7. The van der Waals surface area contributed by atoms with Gasteiger partial charge in [0, 0.05) is 43.0 Å². The summed E-state index contributed by atoms with van der Waals surface area (Å²) >= 11 is 13.3. The number of alkyl carbamates (subject to hydrolysis) is 1. The maximum absolute atomic E-state index is 15.1. The van der Waals surface area contributed by atoms with Crippen LogP contribution in [0.3, 0.4) is 0 Å². The number of nitrogens with zero attached hydrogens (tertiary/aromatic N) is 6. The molecule has 3 aromatic heterocycles. The fraction of sp³-hybridized carbons (Fsp3) is 0.323. The number of aromatic amines is 1. The highest BCUT2D eigenvalue weighted by Crippen LogP contribution is 2.41. The molecule has 1 saturated heterocycles. The van der Waals surface area contributed by atoms with Crippen LogP contribution >= 0.6 is 23.2 Å². The Morgan fingerprint density at radius 3 is 2.52 bits per heavy atom. The van der Waals surface area contributed by atoms with Gasteiger partial charge in [-0.3, -0.25) is 4.68 Å². The van der Waals surface area contributed by atoms with Crippen molar-refractivity contribution < 1.29 is 13.9 Å². The van der Waals surface area contributed by atoms with Gasteiger partial charge < -0.3 is 19.9 Å². The Bertz CT molecular complexity index is 1970. The lowest BCUT2D eigenvalue weighted by Crippen LogP contribution is -2.54. The van der Waals surface area contributed by atoms with Crippen LogP contribution in [0.25, 0.3) is 33.1 Å². The van der Waals surface area contributed by atoms with Crippen LogP contribution in [0.2, 0.25) is 10.2 Å². The summed E-state index contributed by atoms with van der Waals surface area (Å²) in [4.78, 5) is 27.3. The van der Waals surface area contributed by atoms with Crippen molar-refractivity contribution in [1.82, 2.24) is 30.0 Å². The minimum absolute atomic E-state index is 0.174. The number of amides is 1. The third kappa shape index (κ3) is 5.18. The number of carbonyl (C=O) groups is 1. The third-order valence-corrected chi connectivity index (χ3v) is 8.64. The monoisotopic (exact) mass is 634 g/mol. The quantitative estimate of drug-likeness (QED) is 0.221. The summed E-state index contributed by atoms with van der Waals surface area (Å²) in [5, 5.41) is 19.4. The van der Waals surface area contributed by atoms with E-state index in [1.54, 1.807) is 56.9 Å². The number of piperidine rings is 1. The van der Waals surface area contributed by atoms with Gasteiger partial charge in [-0.25, -0.2) is 14.2 Å². The number of halogens is 3. The van der Waals surface area contributed by atoms with Gasteiger partial charge in [0.15, 0.2) is 5.69 Å². The van der Waals surface area contributed by atoms with Crippen LogP contribution in [-0.2, 0) is 17.3 Å². The van der Waals surface area contributed by atoms with Crippen molar-refractivity contribution in [2.45, 2.75) is 44.8 Å². The second-order valence-electron chi connectivity index (χ2n) is 11.8. The average Bonchev–Trinajstić information content (AvgIpc) is 3.52. The van der Waals surface area contributed by atoms with Crippen molar-refractivity contribution >= 4 is 57.2 Å². The first-order chi connectivity index (χ1) is 20.9. The molecule has 0 unspecified atom stereocenters. The van der Waals surface area contributed by atoms with E-state index < -0.39 is 23.1 Å². The summed E-state index contributed by atoms with van der Waals surface area (Å²) in [6, 6.07) is 12.3. The minimum Gasteiger partial charge on any atom is -0.444 e. The van der Waals surface area contributed by atoms with Gasteiger partial charge in [0.05, 0.1) is 26.9 Å². The van der Waals surface area contributed by atoms with E-state index in [9.17, 15) is 10.1 Å². The molecule has 10 nitrogen and oxygen atoms in total. The van der Waals surface area contributed by atoms with Gasteiger partial charge in [-0.15, -0.1) is 0 Å². The topological polar surface area (TPSA) is 125 Å². The second-order valence-corrected chi connectivity index (χ2v) is 12.6. The molecule has 13 heteroatoms. The number of benzene rings is 2. The van der Waals surface area contributed by atoms with E-state index in [0.717, 1.165) is 0 Å². The molecule has 2 N–H and O–H groups in total. The Balaban J connectivity index is 1.33. The van der Waals surface area contributed by atoms with Gasteiger partial charge in [-0.1, -0.05) is 47.5 Å². The molecule has 1 amide bonds. The van der Waals surface area contributed by atoms with Gasteiger partial charge in [0.25, 0.3) is 0 Å². The van der Waals surface area contributed by atoms with Crippen LogP contribution in [0.4, 0.5) is 15.1 Å². The number of nitrogens with one attached hydrogen (secondary N) is 2. The SMILES string of the molecule is Cn1nc2ccc(-c3c[nH]c4nc(N5CCC(NC(=O)OC(C)(C)C)(c6ccccc6F)CC5)nc(C#N)c34)c(Cl)c2c1Cl. The Morgan fingerprint density at radius 2 is 1.84 bits per heavy atom. The molecule has 0 spiro atoms. The normalized spacial score (nSPS) is 15.0. The van der Waals surface area contributed by atoms with E-state index >= 15 is 4.39 Å². The Morgan fingerprint density at radius 1 is 1.11 bits per heavy atom. The fourth-order valence-corrected chi connectivity index (χ4v) is 6.40. The zero-order valence-corrected chi connectivity index (χ0v) is 26.0. The van der Waals surface area contributed by atoms with Gasteiger partial charge >= 0.3 is 6.09 Å². The Kier molecular flexibility index (Phi) is 7.38. The van der Waals surface area contributed by atoms with Crippen molar-refractivity contribution in [2.75, 3.05) is 18.0 Å². The predicted molar refractivity (Wildman–Crippen MR) is 167 cm³/mol. The van der Waals surface area contributed by atoms with E-state index in [-0.39, 0.29) is 5.69 Å². The van der Waals surface area contributed by atoms with Crippen LogP contribution in [-0.4, -0.2) is 49.5 Å². The number of hydrogen-bond donors (Lipinski definition) is 2. The average molecular weight is 636 g/mol. The largest absolute Gasteiger partial charge is 0.444 e. The second kappa shape index (κ2) is 10.9. The molecule has 0 radical (unpaired) electrons. The summed E-state index contributed by atoms with van der Waals surface area (Å²) in [7, 11) is 1.74. The molecule has 0 atom stereocenters. The predicted octanol–water partition coefficient (Wildman–Crippen LogP) is 6.85. The number of anilines is 1. The van der Waals surface area contributed by atoms with Crippen molar-refractivity contribution in [1.29, 1.82) is 5.26 Å². The van der Waals surface area contributed by atoms with Crippen LogP contribution in [0.5, 0.6) is 0 Å². The molecule has 0 aliphatic carbocycles. The molecule has 1 aliphatic heterocycles. The van der Waals surface area contributed by atoms with Crippen molar-refractivity contribution in [3.05, 3.63) is 69.8 Å². The van der Waals surface area contributed by atoms with E-state index in [0.29, 0.717) is 80.7 Å². The molecule has 4 heterocycles. The van der Waals surface area contributed by atoms with Gasteiger partial charge in [-0.2, -0.15) is 15.3 Å². The number of aromatic nitrogens is 5. The molecule has 44 heavy (non-hydrogen) atoms. The highest BCUT2D eigenvalue weighted by atomic mass is 35.5. The summed E-state index contributed by atoms with van der Waals surface area (Å²) in [6.07, 6.45) is 1.83. The van der Waals surface area contributed by atoms with Gasteiger partial charge in [0.1, 0.15) is 28.3 Å². The minimum atomic E-state index is -1.01. The number of H-pyrrole nitrogens is 1. The molecule has 2 aromatic carbocycles. The van der Waals surface area contributed by atoms with E-state index in [4.69, 9.17) is 32.9 Å². The van der Waals surface area contributed by atoms with E-state index in [2.05, 4.69) is 26.5 Å². The first-order valence-electron chi connectivity index (χ1n) is 14.0. The lowest BCUT2D eigenvalue weighted by molar-refractivity contribution is 0.0428. The number of carbonyl (C=O) groups excluding carboxylic acids is 1. The maximum Gasteiger partial charge on any atom is 0.408 e. The highest BCUT2D eigenvalue weighted by Gasteiger charge is 2.41. The zero-order valence-electron chi connectivity index (χ0n) is 24.5. The molecule has 1 fully saturated rings. The fourth-order valence-electron chi connectivity index (χ4n) is 5.78. The molecular weight excluding hydrogens is 606 g/mol. The van der Waals surface area contributed by atoms with Gasteiger partial charge in [0.2, 0.25) is 5.95 Å². The van der Waals surface area contributed by atoms with Crippen LogP contribution in [0.15, 0.2) is 42.6 Å². The molecule has 6 rings (SSSR count). The third-order valence-electron chi connectivity index (χ3n) is 7.81. The summed E-state index contributed by atoms with van der Waals surface area (Å²) in [6.45, 7) is 6.10. The Hall–Kier alpha value is -4.40. The maximum atomic E-state index is 15.1. The Labute approximate surface area is 262 Å². The highest BCUT2D eigenvalue weighted by molar-refractivity contribution is 6.43. The molecule has 0 saturated carbocycles. The van der Waals surface area contributed by atoms with Crippen molar-refractivity contribution in [2.24, 2.45) is 7.05 Å². The molecular formula is C31H29Cl2FN8O2. The zero-order chi connectivity index (χ0) is 31.4. The van der Waals surface area contributed by atoms with Crippen LogP contribution < -0.4 is 10.2 Å². The smallest absolute Gasteiger partial charge is 0.408 e. The van der Waals surface area contributed by atoms with Crippen molar-refractivity contribution in [3.63, 3.8) is 0 Å². The standard InChI is InChI=1S/C31H29Cl2FN8O2/c1-30(2,3)44-29(43)39-31(19-7-5-6-8-20(19)34)11-13-42(14-12-31)28-37-22(15-35)23-18(16-36-27(23)38-28)17-9-10-21-24(25(17)32)26(33)41(4)40-21/h5-10,16H,11-14H2,1-4H3,(H,39,43)(H,36,37,38). The number of aryl methyl sites for hydroxylation is 1. The van der Waals surface area contributed by atoms with Gasteiger partial charge in [-0.05, 0) is 45.7 Å². The number of rotatable bonds is 4. The lowest BCUT2D eigenvalue weighted by atomic mass is 9.80. The number of ether oxygens (including phenoxy) is 1. The molecule has 226 valence electrons. The van der Waals surface area contributed by atoms with Crippen molar-refractivity contribution in [3.8, 4) is 17.2 Å². The summed E-state index contributed by atoms with van der Waals surface area (Å²) < 4.78 is 22.2. The molecule has 1 aliphatic rings. The van der Waals surface area contributed by atoms with E-state index in [1.807, 2.05) is 17.0 Å². The van der Waals surface area contributed by atoms with Crippen LogP contribution in [0, 0.1) is 17.1 Å². The molecule has 0 bridgehead atoms. The summed E-state index contributed by atoms with van der Waals surface area (Å²) in [5.41, 5.74) is 1.28. The first-order valence-corrected chi connectivity index (χ1v) is 14.8. The number of fused-ring (bicyclic) bond motifs is 2. The number of nitriles is 1. The molecule has 5 aromatic rings. The summed E-state index contributed by atoms with van der Waals surface area (Å²) in [5.74, 6) is -0.0662. The van der Waals surface area contributed by atoms with Crippen LogP contribution in [0.1, 0.15) is 44.9 Å². The lowest BCUT2D eigenvalue weighted by Gasteiger charge is -2.43.